The van der Waals surface area contributed by atoms with Gasteiger partial charge in [-0.05, 0) is 43.5 Å². The lowest BCUT2D eigenvalue weighted by Gasteiger charge is -2.28. The van der Waals surface area contributed by atoms with Crippen molar-refractivity contribution in [1.82, 2.24) is 4.31 Å². The number of aliphatic hydroxyl groups excluding tert-OH is 1. The second-order valence-corrected chi connectivity index (χ2v) is 9.23. The Kier molecular flexibility index (Phi) is 7.80. The molecule has 0 saturated carbocycles. The molecule has 0 aliphatic heterocycles. The average molecular weight is 404 g/mol. The predicted octanol–water partition coefficient (Wildman–Crippen LogP) is 3.66. The third-order valence-corrected chi connectivity index (χ3v) is 7.01. The molecule has 0 amide bonds. The van der Waals surface area contributed by atoms with Crippen LogP contribution in [0.2, 0.25) is 0 Å². The van der Waals surface area contributed by atoms with Crippen LogP contribution in [0.1, 0.15) is 30.0 Å². The van der Waals surface area contributed by atoms with Gasteiger partial charge in [-0.25, -0.2) is 8.42 Å². The number of hydrogen-bond acceptors (Lipinski definition) is 4. The highest BCUT2D eigenvalue weighted by atomic mass is 32.2. The SMILES string of the molecule is C=CC[C@H](O)[C@@H](C)S(=O)(=O)N(Cc1ccc(C)cc1)Cc1ccc(OC)cc1. The molecular formula is C22H29NO4S. The number of benzene rings is 2. The fourth-order valence-electron chi connectivity index (χ4n) is 2.86. The van der Waals surface area contributed by atoms with Crippen LogP contribution in [0.15, 0.2) is 61.2 Å². The molecule has 2 rings (SSSR count). The second kappa shape index (κ2) is 9.87. The van der Waals surface area contributed by atoms with Crippen LogP contribution in [-0.4, -0.2) is 36.3 Å². The van der Waals surface area contributed by atoms with Crippen molar-refractivity contribution >= 4 is 10.0 Å². The molecule has 0 unspecified atom stereocenters. The van der Waals surface area contributed by atoms with Crippen molar-refractivity contribution in [3.8, 4) is 5.75 Å². The minimum Gasteiger partial charge on any atom is -0.497 e. The van der Waals surface area contributed by atoms with Crippen molar-refractivity contribution in [2.24, 2.45) is 0 Å². The fourth-order valence-corrected chi connectivity index (χ4v) is 4.50. The first-order valence-corrected chi connectivity index (χ1v) is 10.7. The van der Waals surface area contributed by atoms with Crippen LogP contribution >= 0.6 is 0 Å². The van der Waals surface area contributed by atoms with Gasteiger partial charge in [0.05, 0.1) is 18.5 Å². The highest BCUT2D eigenvalue weighted by Gasteiger charge is 2.33. The van der Waals surface area contributed by atoms with Gasteiger partial charge in [0, 0.05) is 13.1 Å². The summed E-state index contributed by atoms with van der Waals surface area (Å²) in [6.07, 6.45) is 0.755. The molecule has 0 aliphatic rings. The van der Waals surface area contributed by atoms with Crippen LogP contribution < -0.4 is 4.74 Å². The summed E-state index contributed by atoms with van der Waals surface area (Å²) in [5, 5.41) is 9.31. The van der Waals surface area contributed by atoms with E-state index in [1.165, 1.54) is 10.4 Å². The summed E-state index contributed by atoms with van der Waals surface area (Å²) in [6, 6.07) is 15.1. The van der Waals surface area contributed by atoms with Gasteiger partial charge in [0.15, 0.2) is 0 Å². The Bertz CT molecular complexity index is 860. The maximum atomic E-state index is 13.3. The molecule has 152 valence electrons. The first-order chi connectivity index (χ1) is 13.3. The van der Waals surface area contributed by atoms with Gasteiger partial charge in [0.2, 0.25) is 10.0 Å². The first-order valence-electron chi connectivity index (χ1n) is 9.24. The standard InChI is InChI=1S/C22H29NO4S/c1-5-6-22(24)18(3)28(25,26)23(15-19-9-7-17(2)8-10-19)16-20-11-13-21(27-4)14-12-20/h5,7-14,18,22,24H,1,6,15-16H2,2-4H3/t18-,22+/m1/s1. The topological polar surface area (TPSA) is 66.8 Å². The van der Waals surface area contributed by atoms with Gasteiger partial charge in [0.1, 0.15) is 5.75 Å². The van der Waals surface area contributed by atoms with Crippen LogP contribution in [0.5, 0.6) is 5.75 Å². The lowest BCUT2D eigenvalue weighted by Crippen LogP contribution is -2.42. The Hall–Kier alpha value is -2.15. The smallest absolute Gasteiger partial charge is 0.219 e. The number of methoxy groups -OCH3 is 1. The molecule has 0 radical (unpaired) electrons. The van der Waals surface area contributed by atoms with E-state index in [0.29, 0.717) is 5.75 Å². The Balaban J connectivity index is 2.32. The largest absolute Gasteiger partial charge is 0.497 e. The molecule has 2 atom stereocenters. The van der Waals surface area contributed by atoms with E-state index in [-0.39, 0.29) is 19.5 Å². The van der Waals surface area contributed by atoms with Crippen molar-refractivity contribution in [3.05, 3.63) is 77.9 Å². The van der Waals surface area contributed by atoms with E-state index in [0.717, 1.165) is 16.7 Å². The zero-order valence-electron chi connectivity index (χ0n) is 16.7. The van der Waals surface area contributed by atoms with Gasteiger partial charge >= 0.3 is 0 Å². The van der Waals surface area contributed by atoms with Crippen LogP contribution in [0.4, 0.5) is 0 Å². The Morgan fingerprint density at radius 3 is 2.04 bits per heavy atom. The maximum absolute atomic E-state index is 13.3. The van der Waals surface area contributed by atoms with Crippen LogP contribution in [0, 0.1) is 6.92 Å². The molecule has 0 aliphatic carbocycles. The Morgan fingerprint density at radius 2 is 1.57 bits per heavy atom. The fraction of sp³-hybridized carbons (Fsp3) is 0.364. The molecule has 6 heteroatoms. The van der Waals surface area contributed by atoms with E-state index >= 15 is 0 Å². The van der Waals surface area contributed by atoms with E-state index in [2.05, 4.69) is 6.58 Å². The van der Waals surface area contributed by atoms with Crippen molar-refractivity contribution in [3.63, 3.8) is 0 Å². The van der Waals surface area contributed by atoms with Crippen molar-refractivity contribution < 1.29 is 18.3 Å². The highest BCUT2D eigenvalue weighted by Crippen LogP contribution is 2.22. The average Bonchev–Trinajstić information content (AvgIpc) is 2.69. The molecule has 2 aromatic rings. The molecule has 2 aromatic carbocycles. The van der Waals surface area contributed by atoms with E-state index in [1.54, 1.807) is 14.0 Å². The van der Waals surface area contributed by atoms with Gasteiger partial charge in [0.25, 0.3) is 0 Å². The normalized spacial score (nSPS) is 13.9. The summed E-state index contributed by atoms with van der Waals surface area (Å²) >= 11 is 0. The summed E-state index contributed by atoms with van der Waals surface area (Å²) in [5.41, 5.74) is 2.86. The van der Waals surface area contributed by atoms with E-state index in [9.17, 15) is 13.5 Å². The predicted molar refractivity (Wildman–Crippen MR) is 113 cm³/mol. The molecule has 0 heterocycles. The summed E-state index contributed by atoms with van der Waals surface area (Å²) in [4.78, 5) is 0. The number of rotatable bonds is 10. The molecule has 28 heavy (non-hydrogen) atoms. The van der Waals surface area contributed by atoms with Crippen molar-refractivity contribution in [1.29, 1.82) is 0 Å². The highest BCUT2D eigenvalue weighted by molar-refractivity contribution is 7.89. The van der Waals surface area contributed by atoms with Gasteiger partial charge in [-0.15, -0.1) is 6.58 Å². The number of aliphatic hydroxyl groups is 1. The Morgan fingerprint density at radius 1 is 1.07 bits per heavy atom. The minimum atomic E-state index is -3.74. The molecule has 0 saturated heterocycles. The molecular weight excluding hydrogens is 374 g/mol. The first kappa shape index (κ1) is 22.1. The van der Waals surface area contributed by atoms with E-state index in [4.69, 9.17) is 4.74 Å². The molecule has 1 N–H and O–H groups in total. The zero-order valence-corrected chi connectivity index (χ0v) is 17.5. The lowest BCUT2D eigenvalue weighted by molar-refractivity contribution is 0.172. The zero-order chi connectivity index (χ0) is 20.7. The minimum absolute atomic E-state index is 0.214. The van der Waals surface area contributed by atoms with Gasteiger partial charge in [-0.3, -0.25) is 0 Å². The molecule has 5 nitrogen and oxygen atoms in total. The summed E-state index contributed by atoms with van der Waals surface area (Å²) < 4.78 is 33.1. The lowest BCUT2D eigenvalue weighted by atomic mass is 10.1. The van der Waals surface area contributed by atoms with Crippen molar-refractivity contribution in [2.45, 2.75) is 44.7 Å². The molecule has 0 fully saturated rings. The molecule has 0 bridgehead atoms. The van der Waals surface area contributed by atoms with E-state index in [1.807, 2.05) is 55.5 Å². The molecule has 0 spiro atoms. The van der Waals surface area contributed by atoms with Crippen molar-refractivity contribution in [2.75, 3.05) is 7.11 Å². The number of ether oxygens (including phenoxy) is 1. The van der Waals surface area contributed by atoms with Gasteiger partial charge < -0.3 is 9.84 Å². The van der Waals surface area contributed by atoms with Crippen LogP contribution in [-0.2, 0) is 23.1 Å². The number of hydrogen-bond donors (Lipinski definition) is 1. The summed E-state index contributed by atoms with van der Waals surface area (Å²) in [5.74, 6) is 0.714. The van der Waals surface area contributed by atoms with Crippen LogP contribution in [0.3, 0.4) is 0 Å². The van der Waals surface area contributed by atoms with Crippen LogP contribution in [0.25, 0.3) is 0 Å². The Labute approximate surface area is 168 Å². The maximum Gasteiger partial charge on any atom is 0.219 e. The quantitative estimate of drug-likeness (QED) is 0.615. The number of aryl methyl sites for hydroxylation is 1. The summed E-state index contributed by atoms with van der Waals surface area (Å²) in [6.45, 7) is 7.57. The van der Waals surface area contributed by atoms with Gasteiger partial charge in [-0.1, -0.05) is 48.0 Å². The van der Waals surface area contributed by atoms with Gasteiger partial charge in [-0.2, -0.15) is 4.31 Å². The molecule has 0 aromatic heterocycles. The monoisotopic (exact) mass is 403 g/mol. The van der Waals surface area contributed by atoms with E-state index < -0.39 is 21.4 Å². The third-order valence-electron chi connectivity index (χ3n) is 4.78. The number of nitrogens with zero attached hydrogens (tertiary/aromatic N) is 1. The number of sulfonamides is 1. The summed E-state index contributed by atoms with van der Waals surface area (Å²) in [7, 11) is -2.15. The third kappa shape index (κ3) is 5.67. The second-order valence-electron chi connectivity index (χ2n) is 6.94.